The summed E-state index contributed by atoms with van der Waals surface area (Å²) in [4.78, 5) is 10.1. The SMILES string of the molecule is C.C.CCCC(C)C(=O)O.CCCC(C)O. The first-order valence-corrected chi connectivity index (χ1v) is 5.36. The van der Waals surface area contributed by atoms with Crippen LogP contribution >= 0.6 is 0 Å². The lowest BCUT2D eigenvalue weighted by Crippen LogP contribution is -2.08. The third-order valence-electron chi connectivity index (χ3n) is 1.85. The number of hydrogen-bond acceptors (Lipinski definition) is 2. The monoisotopic (exact) mass is 236 g/mol. The Kier molecular flexibility index (Phi) is 25.9. The molecule has 0 radical (unpaired) electrons. The molecule has 2 unspecified atom stereocenters. The van der Waals surface area contributed by atoms with Crippen molar-refractivity contribution >= 4 is 5.97 Å². The molecule has 102 valence electrons. The van der Waals surface area contributed by atoms with Gasteiger partial charge in [0.15, 0.2) is 0 Å². The zero-order valence-electron chi connectivity index (χ0n) is 9.79. The van der Waals surface area contributed by atoms with E-state index < -0.39 is 5.97 Å². The lowest BCUT2D eigenvalue weighted by atomic mass is 10.1. The topological polar surface area (TPSA) is 57.5 Å². The number of carbonyl (C=O) groups is 1. The van der Waals surface area contributed by atoms with Crippen LogP contribution in [0.2, 0.25) is 0 Å². The van der Waals surface area contributed by atoms with Crippen molar-refractivity contribution in [3.05, 3.63) is 0 Å². The lowest BCUT2D eigenvalue weighted by molar-refractivity contribution is -0.141. The quantitative estimate of drug-likeness (QED) is 0.760. The Morgan fingerprint density at radius 3 is 1.50 bits per heavy atom. The van der Waals surface area contributed by atoms with Gasteiger partial charge in [0.25, 0.3) is 0 Å². The molecule has 0 spiro atoms. The minimum atomic E-state index is -0.688. The second kappa shape index (κ2) is 16.8. The van der Waals surface area contributed by atoms with Gasteiger partial charge in [-0.1, -0.05) is 48.5 Å². The maximum absolute atomic E-state index is 10.1. The van der Waals surface area contributed by atoms with Crippen molar-refractivity contribution in [3.63, 3.8) is 0 Å². The predicted octanol–water partition coefficient (Wildman–Crippen LogP) is 3.95. The normalized spacial score (nSPS) is 12.1. The van der Waals surface area contributed by atoms with Crippen molar-refractivity contribution in [3.8, 4) is 0 Å². The third-order valence-corrected chi connectivity index (χ3v) is 1.85. The van der Waals surface area contributed by atoms with Crippen molar-refractivity contribution in [1.29, 1.82) is 0 Å². The Balaban J connectivity index is -0.0000000825. The van der Waals surface area contributed by atoms with Crippen LogP contribution < -0.4 is 0 Å². The maximum Gasteiger partial charge on any atom is 0.306 e. The molecule has 0 aliphatic rings. The summed E-state index contributed by atoms with van der Waals surface area (Å²) in [5.41, 5.74) is 0. The van der Waals surface area contributed by atoms with Crippen molar-refractivity contribution < 1.29 is 15.0 Å². The molecule has 0 aromatic rings. The highest BCUT2D eigenvalue weighted by molar-refractivity contribution is 5.69. The summed E-state index contributed by atoms with van der Waals surface area (Å²) in [6.45, 7) is 7.58. The van der Waals surface area contributed by atoms with Crippen molar-refractivity contribution in [1.82, 2.24) is 0 Å². The Bertz CT molecular complexity index is 133. The van der Waals surface area contributed by atoms with Gasteiger partial charge in [-0.2, -0.15) is 0 Å². The number of carboxylic acid groups (broad SMARTS) is 1. The molecule has 0 rings (SSSR count). The smallest absolute Gasteiger partial charge is 0.306 e. The van der Waals surface area contributed by atoms with Gasteiger partial charge in [0.05, 0.1) is 12.0 Å². The molecule has 0 saturated heterocycles. The van der Waals surface area contributed by atoms with E-state index in [-0.39, 0.29) is 26.9 Å². The number of aliphatic hydroxyl groups is 1. The van der Waals surface area contributed by atoms with Crippen LogP contribution in [0.25, 0.3) is 0 Å². The third kappa shape index (κ3) is 23.3. The van der Waals surface area contributed by atoms with Crippen LogP contribution in [0.5, 0.6) is 0 Å². The molecule has 0 aromatic carbocycles. The summed E-state index contributed by atoms with van der Waals surface area (Å²) < 4.78 is 0. The van der Waals surface area contributed by atoms with Crippen molar-refractivity contribution in [2.45, 2.75) is 74.3 Å². The van der Waals surface area contributed by atoms with E-state index in [4.69, 9.17) is 10.2 Å². The summed E-state index contributed by atoms with van der Waals surface area (Å²) in [6.07, 6.45) is 3.65. The molecule has 0 saturated carbocycles. The Labute approximate surface area is 102 Å². The van der Waals surface area contributed by atoms with Crippen LogP contribution in [0.1, 0.15) is 68.2 Å². The first kappa shape index (κ1) is 24.6. The summed E-state index contributed by atoms with van der Waals surface area (Å²) in [5.74, 6) is -0.855. The van der Waals surface area contributed by atoms with Crippen LogP contribution in [0.3, 0.4) is 0 Å². The van der Waals surface area contributed by atoms with Crippen LogP contribution in [0.4, 0.5) is 0 Å². The molecular weight excluding hydrogens is 204 g/mol. The van der Waals surface area contributed by atoms with Crippen LogP contribution in [-0.4, -0.2) is 22.3 Å². The molecule has 2 N–H and O–H groups in total. The molecule has 16 heavy (non-hydrogen) atoms. The van der Waals surface area contributed by atoms with Gasteiger partial charge < -0.3 is 10.2 Å². The van der Waals surface area contributed by atoms with Gasteiger partial charge in [-0.3, -0.25) is 4.79 Å². The molecule has 0 aromatic heterocycles. The first-order valence-electron chi connectivity index (χ1n) is 5.36. The molecule has 0 heterocycles. The van der Waals surface area contributed by atoms with E-state index in [9.17, 15) is 4.79 Å². The summed E-state index contributed by atoms with van der Waals surface area (Å²) in [5, 5.41) is 16.9. The molecular formula is C13H32O3. The molecule has 0 fully saturated rings. The second-order valence-electron chi connectivity index (χ2n) is 3.67. The number of hydrogen-bond donors (Lipinski definition) is 2. The highest BCUT2D eigenvalue weighted by Gasteiger charge is 2.07. The molecule has 0 bridgehead atoms. The average Bonchev–Trinajstić information content (AvgIpc) is 2.05. The van der Waals surface area contributed by atoms with E-state index in [1.165, 1.54) is 0 Å². The highest BCUT2D eigenvalue weighted by atomic mass is 16.4. The fraction of sp³-hybridized carbons (Fsp3) is 0.923. The van der Waals surface area contributed by atoms with Gasteiger partial charge in [-0.15, -0.1) is 0 Å². The largest absolute Gasteiger partial charge is 0.481 e. The lowest BCUT2D eigenvalue weighted by Gasteiger charge is -2.00. The predicted molar refractivity (Wildman–Crippen MR) is 71.8 cm³/mol. The average molecular weight is 236 g/mol. The minimum absolute atomic E-state index is 0. The molecule has 0 aliphatic carbocycles. The van der Waals surface area contributed by atoms with Gasteiger partial charge >= 0.3 is 5.97 Å². The molecule has 3 nitrogen and oxygen atoms in total. The van der Waals surface area contributed by atoms with Crippen molar-refractivity contribution in [2.24, 2.45) is 5.92 Å². The van der Waals surface area contributed by atoms with Crippen molar-refractivity contribution in [2.75, 3.05) is 0 Å². The summed E-state index contributed by atoms with van der Waals surface area (Å²) in [7, 11) is 0. The first-order chi connectivity index (χ1) is 6.45. The van der Waals surface area contributed by atoms with Gasteiger partial charge in [-0.25, -0.2) is 0 Å². The van der Waals surface area contributed by atoms with Gasteiger partial charge in [0.1, 0.15) is 0 Å². The highest BCUT2D eigenvalue weighted by Crippen LogP contribution is 2.03. The van der Waals surface area contributed by atoms with Crippen LogP contribution in [0, 0.1) is 5.92 Å². The van der Waals surface area contributed by atoms with E-state index in [2.05, 4.69) is 6.92 Å². The molecule has 0 amide bonds. The number of aliphatic hydroxyl groups excluding tert-OH is 1. The van der Waals surface area contributed by atoms with E-state index >= 15 is 0 Å². The maximum atomic E-state index is 10.1. The van der Waals surface area contributed by atoms with E-state index in [1.54, 1.807) is 6.92 Å². The fourth-order valence-corrected chi connectivity index (χ4v) is 0.974. The Morgan fingerprint density at radius 1 is 1.06 bits per heavy atom. The second-order valence-corrected chi connectivity index (χ2v) is 3.67. The zero-order valence-corrected chi connectivity index (χ0v) is 9.79. The number of carboxylic acids is 1. The molecule has 3 heteroatoms. The fourth-order valence-electron chi connectivity index (χ4n) is 0.974. The summed E-state index contributed by atoms with van der Waals surface area (Å²) in [6, 6.07) is 0. The minimum Gasteiger partial charge on any atom is -0.481 e. The van der Waals surface area contributed by atoms with Gasteiger partial charge in [0, 0.05) is 0 Å². The Hall–Kier alpha value is -0.570. The number of rotatable bonds is 5. The number of aliphatic carboxylic acids is 1. The standard InChI is InChI=1S/C6H12O2.C5H12O.2CH4/c1-3-4-5(2)6(7)8;1-3-4-5(2)6;;/h5H,3-4H2,1-2H3,(H,7,8);5-6H,3-4H2,1-2H3;2*1H4. The van der Waals surface area contributed by atoms with E-state index in [0.29, 0.717) is 0 Å². The van der Waals surface area contributed by atoms with Crippen LogP contribution in [0.15, 0.2) is 0 Å². The van der Waals surface area contributed by atoms with Gasteiger partial charge in [0.2, 0.25) is 0 Å². The Morgan fingerprint density at radius 2 is 1.44 bits per heavy atom. The van der Waals surface area contributed by atoms with E-state index in [1.807, 2.05) is 13.8 Å². The van der Waals surface area contributed by atoms with Gasteiger partial charge in [-0.05, 0) is 19.8 Å². The summed E-state index contributed by atoms with van der Waals surface area (Å²) >= 11 is 0. The van der Waals surface area contributed by atoms with Crippen LogP contribution in [-0.2, 0) is 4.79 Å². The zero-order chi connectivity index (χ0) is 11.6. The molecule has 2 atom stereocenters. The van der Waals surface area contributed by atoms with E-state index in [0.717, 1.165) is 25.7 Å². The molecule has 0 aliphatic heterocycles.